The first-order valence-corrected chi connectivity index (χ1v) is 8.81. The normalized spacial score (nSPS) is 12.2. The average molecular weight is 337 g/mol. The molecule has 0 spiro atoms. The van der Waals surface area contributed by atoms with Crippen molar-refractivity contribution in [2.75, 3.05) is 0 Å². The van der Waals surface area contributed by atoms with Crippen LogP contribution in [0.15, 0.2) is 59.6 Å². The summed E-state index contributed by atoms with van der Waals surface area (Å²) < 4.78 is 0. The summed E-state index contributed by atoms with van der Waals surface area (Å²) in [6.07, 6.45) is 2.33. The van der Waals surface area contributed by atoms with Crippen LogP contribution in [0.5, 0.6) is 0 Å². The molecule has 3 aromatic rings. The summed E-state index contributed by atoms with van der Waals surface area (Å²) in [7, 11) is 0. The fraction of sp³-hybridized carbons (Fsp3) is 0.200. The van der Waals surface area contributed by atoms with Crippen molar-refractivity contribution in [2.45, 2.75) is 30.4 Å². The molecule has 0 fully saturated rings. The average Bonchev–Trinajstić information content (AvgIpc) is 2.59. The lowest BCUT2D eigenvalue weighted by atomic mass is 10.0. The van der Waals surface area contributed by atoms with Gasteiger partial charge in [-0.25, -0.2) is 0 Å². The second-order valence-electron chi connectivity index (χ2n) is 5.76. The van der Waals surface area contributed by atoms with Gasteiger partial charge in [0.1, 0.15) is 5.25 Å². The maximum absolute atomic E-state index is 11.4. The first-order chi connectivity index (χ1) is 11.6. The van der Waals surface area contributed by atoms with Crippen LogP contribution in [0.3, 0.4) is 0 Å². The Morgan fingerprint density at radius 1 is 1.17 bits per heavy atom. The molecule has 3 rings (SSSR count). The standard InChI is InChI=1S/C20H19NO2S/c1-3-18(20(22)23)24-19-9-10-21-17-8-7-15(12-16(17)19)14-6-4-5-13(2)11-14/h4-12,18H,3H2,1-2H3,(H,22,23). The third-order valence-corrected chi connectivity index (χ3v) is 5.40. The lowest BCUT2D eigenvalue weighted by Gasteiger charge is -2.12. The SMILES string of the molecule is CCC(Sc1ccnc2ccc(-c3cccc(C)c3)cc12)C(=O)O. The van der Waals surface area contributed by atoms with E-state index in [4.69, 9.17) is 0 Å². The Hall–Kier alpha value is -2.33. The molecule has 0 amide bonds. The summed E-state index contributed by atoms with van der Waals surface area (Å²) in [5, 5.41) is 9.89. The second kappa shape index (κ2) is 7.05. The molecule has 1 N–H and O–H groups in total. The van der Waals surface area contributed by atoms with Crippen LogP contribution in [0.1, 0.15) is 18.9 Å². The quantitative estimate of drug-likeness (QED) is 0.653. The number of thioether (sulfide) groups is 1. The number of rotatable bonds is 5. The minimum Gasteiger partial charge on any atom is -0.480 e. The van der Waals surface area contributed by atoms with Crippen LogP contribution in [0, 0.1) is 6.92 Å². The number of hydrogen-bond acceptors (Lipinski definition) is 3. The molecule has 0 saturated heterocycles. The van der Waals surface area contributed by atoms with E-state index < -0.39 is 11.2 Å². The highest BCUT2D eigenvalue weighted by Crippen LogP contribution is 2.34. The van der Waals surface area contributed by atoms with Gasteiger partial charge in [-0.3, -0.25) is 9.78 Å². The van der Waals surface area contributed by atoms with Crippen molar-refractivity contribution in [3.63, 3.8) is 0 Å². The molecule has 3 nitrogen and oxygen atoms in total. The molecule has 2 aromatic carbocycles. The summed E-state index contributed by atoms with van der Waals surface area (Å²) in [6, 6.07) is 16.4. The highest BCUT2D eigenvalue weighted by Gasteiger charge is 2.18. The van der Waals surface area contributed by atoms with E-state index in [0.29, 0.717) is 6.42 Å². The van der Waals surface area contributed by atoms with Crippen LogP contribution < -0.4 is 0 Å². The largest absolute Gasteiger partial charge is 0.480 e. The van der Waals surface area contributed by atoms with Gasteiger partial charge in [0.2, 0.25) is 0 Å². The number of fused-ring (bicyclic) bond motifs is 1. The molecule has 4 heteroatoms. The molecule has 1 heterocycles. The van der Waals surface area contributed by atoms with Crippen LogP contribution in [0.25, 0.3) is 22.0 Å². The number of benzene rings is 2. The van der Waals surface area contributed by atoms with Crippen LogP contribution >= 0.6 is 11.8 Å². The molecular formula is C20H19NO2S. The van der Waals surface area contributed by atoms with Crippen LogP contribution in [0.2, 0.25) is 0 Å². The van der Waals surface area contributed by atoms with Gasteiger partial charge in [-0.05, 0) is 42.7 Å². The molecule has 0 aliphatic rings. The zero-order valence-corrected chi connectivity index (χ0v) is 14.5. The predicted molar refractivity (Wildman–Crippen MR) is 99.5 cm³/mol. The number of aliphatic carboxylic acids is 1. The number of pyridine rings is 1. The molecule has 1 atom stereocenters. The topological polar surface area (TPSA) is 50.2 Å². The Bertz CT molecular complexity index is 892. The minimum absolute atomic E-state index is 0.446. The number of hydrogen-bond donors (Lipinski definition) is 1. The zero-order chi connectivity index (χ0) is 17.1. The van der Waals surface area contributed by atoms with E-state index in [0.717, 1.165) is 26.9 Å². The van der Waals surface area contributed by atoms with E-state index in [1.807, 2.05) is 25.1 Å². The minimum atomic E-state index is -0.776. The summed E-state index contributed by atoms with van der Waals surface area (Å²) in [5.74, 6) is -0.776. The second-order valence-corrected chi connectivity index (χ2v) is 7.01. The van der Waals surface area contributed by atoms with Crippen molar-refractivity contribution in [1.29, 1.82) is 0 Å². The van der Waals surface area contributed by atoms with E-state index in [1.165, 1.54) is 17.3 Å². The van der Waals surface area contributed by atoms with Gasteiger partial charge >= 0.3 is 5.97 Å². The van der Waals surface area contributed by atoms with Gasteiger partial charge in [-0.1, -0.05) is 42.8 Å². The summed E-state index contributed by atoms with van der Waals surface area (Å²) in [4.78, 5) is 16.7. The van der Waals surface area contributed by atoms with E-state index in [1.54, 1.807) is 6.20 Å². The third kappa shape index (κ3) is 3.44. The number of carboxylic acids is 1. The number of carboxylic acid groups (broad SMARTS) is 1. The zero-order valence-electron chi connectivity index (χ0n) is 13.7. The molecule has 24 heavy (non-hydrogen) atoms. The number of aromatic nitrogens is 1. The van der Waals surface area contributed by atoms with Gasteiger partial charge in [0, 0.05) is 16.5 Å². The Kier molecular flexibility index (Phi) is 4.86. The predicted octanol–water partition coefficient (Wildman–Crippen LogP) is 5.17. The Morgan fingerprint density at radius 3 is 2.67 bits per heavy atom. The summed E-state index contributed by atoms with van der Waals surface area (Å²) in [5.41, 5.74) is 4.37. The van der Waals surface area contributed by atoms with E-state index in [2.05, 4.69) is 42.2 Å². The molecule has 0 aliphatic heterocycles. The van der Waals surface area contributed by atoms with Gasteiger partial charge in [0.25, 0.3) is 0 Å². The van der Waals surface area contributed by atoms with Gasteiger partial charge in [-0.15, -0.1) is 11.8 Å². The Balaban J connectivity index is 2.07. The number of carbonyl (C=O) groups is 1. The molecule has 0 saturated carbocycles. The van der Waals surface area contributed by atoms with Crippen molar-refractivity contribution in [1.82, 2.24) is 4.98 Å². The molecule has 0 bridgehead atoms. The molecule has 1 unspecified atom stereocenters. The van der Waals surface area contributed by atoms with E-state index >= 15 is 0 Å². The number of nitrogens with zero attached hydrogens (tertiary/aromatic N) is 1. The lowest BCUT2D eigenvalue weighted by Crippen LogP contribution is -2.14. The van der Waals surface area contributed by atoms with Crippen LogP contribution in [-0.4, -0.2) is 21.3 Å². The van der Waals surface area contributed by atoms with E-state index in [-0.39, 0.29) is 0 Å². The van der Waals surface area contributed by atoms with Gasteiger partial charge in [-0.2, -0.15) is 0 Å². The lowest BCUT2D eigenvalue weighted by molar-refractivity contribution is -0.136. The Labute approximate surface area is 145 Å². The molecule has 0 radical (unpaired) electrons. The van der Waals surface area contributed by atoms with Gasteiger partial charge < -0.3 is 5.11 Å². The first-order valence-electron chi connectivity index (χ1n) is 7.93. The molecule has 1 aromatic heterocycles. The van der Waals surface area contributed by atoms with Crippen LogP contribution in [0.4, 0.5) is 0 Å². The van der Waals surface area contributed by atoms with Crippen LogP contribution in [-0.2, 0) is 4.79 Å². The van der Waals surface area contributed by atoms with Crippen molar-refractivity contribution >= 4 is 28.6 Å². The van der Waals surface area contributed by atoms with Crippen molar-refractivity contribution < 1.29 is 9.90 Å². The molecule has 122 valence electrons. The summed E-state index contributed by atoms with van der Waals surface area (Å²) in [6.45, 7) is 3.97. The fourth-order valence-electron chi connectivity index (χ4n) is 2.69. The molecule has 0 aliphatic carbocycles. The monoisotopic (exact) mass is 337 g/mol. The smallest absolute Gasteiger partial charge is 0.316 e. The van der Waals surface area contributed by atoms with Gasteiger partial charge in [0.05, 0.1) is 5.52 Å². The highest BCUT2D eigenvalue weighted by molar-refractivity contribution is 8.00. The summed E-state index contributed by atoms with van der Waals surface area (Å²) >= 11 is 1.39. The third-order valence-electron chi connectivity index (χ3n) is 3.97. The maximum atomic E-state index is 11.4. The van der Waals surface area contributed by atoms with Crippen molar-refractivity contribution in [2.24, 2.45) is 0 Å². The Morgan fingerprint density at radius 2 is 1.96 bits per heavy atom. The molecular weight excluding hydrogens is 318 g/mol. The van der Waals surface area contributed by atoms with E-state index in [9.17, 15) is 9.90 Å². The number of aryl methyl sites for hydroxylation is 1. The first kappa shape index (κ1) is 16.5. The maximum Gasteiger partial charge on any atom is 0.316 e. The van der Waals surface area contributed by atoms with Crippen molar-refractivity contribution in [3.8, 4) is 11.1 Å². The van der Waals surface area contributed by atoms with Gasteiger partial charge in [0.15, 0.2) is 0 Å². The highest BCUT2D eigenvalue weighted by atomic mass is 32.2. The fourth-order valence-corrected chi connectivity index (χ4v) is 3.69. The van der Waals surface area contributed by atoms with Crippen molar-refractivity contribution in [3.05, 3.63) is 60.3 Å².